The largest absolute Gasteiger partial charge is 0.495 e. The van der Waals surface area contributed by atoms with Crippen LogP contribution in [0.2, 0.25) is 5.02 Å². The number of para-hydroxylation sites is 1. The molecule has 0 saturated heterocycles. The van der Waals surface area contributed by atoms with Gasteiger partial charge in [-0.05, 0) is 12.1 Å². The van der Waals surface area contributed by atoms with Crippen LogP contribution >= 0.6 is 11.6 Å². The predicted molar refractivity (Wildman–Crippen MR) is 102 cm³/mol. The van der Waals surface area contributed by atoms with Crippen LogP contribution in [-0.4, -0.2) is 36.4 Å². The van der Waals surface area contributed by atoms with Gasteiger partial charge in [-0.1, -0.05) is 29.8 Å². The van der Waals surface area contributed by atoms with Gasteiger partial charge in [-0.25, -0.2) is 0 Å². The van der Waals surface area contributed by atoms with Gasteiger partial charge in [0.05, 0.1) is 31.1 Å². The standard InChI is InChI=1S/C18H18ClN5O2/c1-24(12-7-5-4-6-8-12)18-22-17(11-20-23-18)21-14-10-15(25-2)13(19)9-16(14)26-3/h4-11H,1-3H3,(H,21,22,23). The highest BCUT2D eigenvalue weighted by molar-refractivity contribution is 6.32. The van der Waals surface area contributed by atoms with Crippen LogP contribution in [-0.2, 0) is 0 Å². The molecular formula is C18H18ClN5O2. The summed E-state index contributed by atoms with van der Waals surface area (Å²) in [5.74, 6) is 2.06. The van der Waals surface area contributed by atoms with Crippen molar-refractivity contribution in [3.63, 3.8) is 0 Å². The Morgan fingerprint density at radius 2 is 1.77 bits per heavy atom. The smallest absolute Gasteiger partial charge is 0.251 e. The highest BCUT2D eigenvalue weighted by Gasteiger charge is 2.13. The van der Waals surface area contributed by atoms with Gasteiger partial charge in [-0.2, -0.15) is 10.1 Å². The molecule has 0 aliphatic carbocycles. The fraction of sp³-hybridized carbons (Fsp3) is 0.167. The molecule has 0 fully saturated rings. The summed E-state index contributed by atoms with van der Waals surface area (Å²) < 4.78 is 10.6. The van der Waals surface area contributed by atoms with E-state index in [1.54, 1.807) is 26.4 Å². The lowest BCUT2D eigenvalue weighted by atomic mass is 10.2. The van der Waals surface area contributed by atoms with Crippen molar-refractivity contribution in [2.45, 2.75) is 0 Å². The number of anilines is 4. The maximum atomic E-state index is 6.14. The second-order valence-corrected chi connectivity index (χ2v) is 5.76. The van der Waals surface area contributed by atoms with Crippen molar-refractivity contribution < 1.29 is 9.47 Å². The van der Waals surface area contributed by atoms with E-state index in [9.17, 15) is 0 Å². The van der Waals surface area contributed by atoms with E-state index in [0.717, 1.165) is 5.69 Å². The monoisotopic (exact) mass is 371 g/mol. The zero-order valence-electron chi connectivity index (χ0n) is 14.6. The van der Waals surface area contributed by atoms with Crippen molar-refractivity contribution in [1.29, 1.82) is 0 Å². The summed E-state index contributed by atoms with van der Waals surface area (Å²) in [5.41, 5.74) is 1.61. The van der Waals surface area contributed by atoms with Crippen LogP contribution in [0.25, 0.3) is 0 Å². The molecule has 7 nitrogen and oxygen atoms in total. The number of methoxy groups -OCH3 is 2. The molecular weight excluding hydrogens is 354 g/mol. The molecule has 3 rings (SSSR count). The summed E-state index contributed by atoms with van der Waals surface area (Å²) in [4.78, 5) is 6.35. The second-order valence-electron chi connectivity index (χ2n) is 5.35. The average Bonchev–Trinajstić information content (AvgIpc) is 2.69. The van der Waals surface area contributed by atoms with Crippen LogP contribution in [0.3, 0.4) is 0 Å². The first-order valence-corrected chi connectivity index (χ1v) is 8.17. The van der Waals surface area contributed by atoms with Crippen LogP contribution in [0, 0.1) is 0 Å². The van der Waals surface area contributed by atoms with Crippen LogP contribution < -0.4 is 19.7 Å². The first-order valence-electron chi connectivity index (χ1n) is 7.79. The minimum absolute atomic E-state index is 0.459. The Balaban J connectivity index is 1.90. The molecule has 1 aromatic heterocycles. The number of hydrogen-bond acceptors (Lipinski definition) is 7. The Labute approximate surface area is 156 Å². The minimum atomic E-state index is 0.459. The molecule has 0 unspecified atom stereocenters. The lowest BCUT2D eigenvalue weighted by molar-refractivity contribution is 0.405. The number of halogens is 1. The Morgan fingerprint density at radius 1 is 1.04 bits per heavy atom. The molecule has 0 aliphatic heterocycles. The molecule has 8 heteroatoms. The highest BCUT2D eigenvalue weighted by atomic mass is 35.5. The summed E-state index contributed by atoms with van der Waals surface area (Å²) >= 11 is 6.14. The van der Waals surface area contributed by atoms with Gasteiger partial charge in [0.2, 0.25) is 0 Å². The normalized spacial score (nSPS) is 10.3. The Morgan fingerprint density at radius 3 is 2.46 bits per heavy atom. The molecule has 0 amide bonds. The molecule has 0 spiro atoms. The van der Waals surface area contributed by atoms with Crippen LogP contribution in [0.1, 0.15) is 0 Å². The molecule has 0 saturated carbocycles. The number of hydrogen-bond donors (Lipinski definition) is 1. The maximum absolute atomic E-state index is 6.14. The van der Waals surface area contributed by atoms with Crippen molar-refractivity contribution in [1.82, 2.24) is 15.2 Å². The third-order valence-corrected chi connectivity index (χ3v) is 4.02. The van der Waals surface area contributed by atoms with Crippen molar-refractivity contribution >= 4 is 34.7 Å². The number of ether oxygens (including phenoxy) is 2. The number of nitrogens with zero attached hydrogens (tertiary/aromatic N) is 4. The predicted octanol–water partition coefficient (Wildman–Crippen LogP) is 4.05. The molecule has 26 heavy (non-hydrogen) atoms. The fourth-order valence-electron chi connectivity index (χ4n) is 2.36. The van der Waals surface area contributed by atoms with Crippen LogP contribution in [0.4, 0.5) is 23.1 Å². The van der Waals surface area contributed by atoms with Gasteiger partial charge in [0.25, 0.3) is 5.95 Å². The zero-order chi connectivity index (χ0) is 18.5. The Hall–Kier alpha value is -3.06. The van der Waals surface area contributed by atoms with E-state index < -0.39 is 0 Å². The number of benzene rings is 2. The van der Waals surface area contributed by atoms with Gasteiger partial charge in [0.1, 0.15) is 11.5 Å². The second kappa shape index (κ2) is 7.88. The zero-order valence-corrected chi connectivity index (χ0v) is 15.4. The maximum Gasteiger partial charge on any atom is 0.251 e. The van der Waals surface area contributed by atoms with E-state index in [-0.39, 0.29) is 0 Å². The summed E-state index contributed by atoms with van der Waals surface area (Å²) in [5, 5.41) is 11.8. The van der Waals surface area contributed by atoms with Crippen LogP contribution in [0.5, 0.6) is 11.5 Å². The molecule has 2 aromatic carbocycles. The Bertz CT molecular complexity index is 892. The average molecular weight is 372 g/mol. The van der Waals surface area contributed by atoms with Crippen LogP contribution in [0.15, 0.2) is 48.7 Å². The summed E-state index contributed by atoms with van der Waals surface area (Å²) in [7, 11) is 4.99. The van der Waals surface area contributed by atoms with Gasteiger partial charge in [0.15, 0.2) is 5.82 Å². The number of rotatable bonds is 6. The molecule has 0 bridgehead atoms. The molecule has 1 heterocycles. The van der Waals surface area contributed by atoms with Crippen molar-refractivity contribution in [2.24, 2.45) is 0 Å². The first kappa shape index (κ1) is 17.8. The van der Waals surface area contributed by atoms with E-state index >= 15 is 0 Å². The molecule has 3 aromatic rings. The molecule has 0 atom stereocenters. The summed E-state index contributed by atoms with van der Waals surface area (Å²) in [6, 6.07) is 13.2. The van der Waals surface area contributed by atoms with Gasteiger partial charge >= 0.3 is 0 Å². The number of aromatic nitrogens is 3. The first-order chi connectivity index (χ1) is 12.6. The van der Waals surface area contributed by atoms with Gasteiger partial charge in [-0.3, -0.25) is 0 Å². The quantitative estimate of drug-likeness (QED) is 0.700. The highest BCUT2D eigenvalue weighted by Crippen LogP contribution is 2.37. The van der Waals surface area contributed by atoms with Gasteiger partial charge < -0.3 is 19.7 Å². The molecule has 0 aliphatic rings. The van der Waals surface area contributed by atoms with Gasteiger partial charge in [0, 0.05) is 24.9 Å². The number of nitrogens with one attached hydrogen (secondary N) is 1. The van der Waals surface area contributed by atoms with Crippen molar-refractivity contribution in [2.75, 3.05) is 31.5 Å². The van der Waals surface area contributed by atoms with Crippen molar-refractivity contribution in [3.05, 3.63) is 53.7 Å². The van der Waals surface area contributed by atoms with Crippen molar-refractivity contribution in [3.8, 4) is 11.5 Å². The Kier molecular flexibility index (Phi) is 5.38. The SMILES string of the molecule is COc1cc(Nc2cnnc(N(C)c3ccccc3)n2)c(OC)cc1Cl. The fourth-order valence-corrected chi connectivity index (χ4v) is 2.59. The topological polar surface area (TPSA) is 72.4 Å². The lowest BCUT2D eigenvalue weighted by Crippen LogP contribution is -2.14. The van der Waals surface area contributed by atoms with Gasteiger partial charge in [-0.15, -0.1) is 5.10 Å². The lowest BCUT2D eigenvalue weighted by Gasteiger charge is -2.17. The molecule has 134 valence electrons. The van der Waals surface area contributed by atoms with E-state index in [4.69, 9.17) is 21.1 Å². The third kappa shape index (κ3) is 3.78. The minimum Gasteiger partial charge on any atom is -0.495 e. The third-order valence-electron chi connectivity index (χ3n) is 3.73. The summed E-state index contributed by atoms with van der Waals surface area (Å²) in [6.45, 7) is 0. The van der Waals surface area contributed by atoms with E-state index in [1.165, 1.54) is 6.20 Å². The van der Waals surface area contributed by atoms with E-state index in [2.05, 4.69) is 20.5 Å². The van der Waals surface area contributed by atoms with E-state index in [0.29, 0.717) is 34.0 Å². The molecule has 0 radical (unpaired) electrons. The molecule has 1 N–H and O–H groups in total. The summed E-state index contributed by atoms with van der Waals surface area (Å²) in [6.07, 6.45) is 1.53. The van der Waals surface area contributed by atoms with E-state index in [1.807, 2.05) is 42.3 Å².